The molecule has 1 aromatic heterocycles. The van der Waals surface area contributed by atoms with Crippen molar-refractivity contribution in [1.29, 1.82) is 5.26 Å². The van der Waals surface area contributed by atoms with Crippen LogP contribution in [0.3, 0.4) is 0 Å². The molecule has 13 heavy (non-hydrogen) atoms. The average molecular weight is 361 g/mol. The van der Waals surface area contributed by atoms with Crippen LogP contribution in [0.25, 0.3) is 0 Å². The lowest BCUT2D eigenvalue weighted by atomic mass is 10.7. The van der Waals surface area contributed by atoms with E-state index in [2.05, 4.69) is 41.2 Å². The number of hydrogen-bond acceptors (Lipinski definition) is 5. The van der Waals surface area contributed by atoms with Crippen molar-refractivity contribution in [2.75, 3.05) is 0 Å². The van der Waals surface area contributed by atoms with E-state index in [1.54, 1.807) is 0 Å². The standard InChI is InChI=1S/C5Br2ClN3S2/c6-2(1-9)3(7)10-5-4(8)11-13-12-5/b3-2-,10-5-. The Morgan fingerprint density at radius 1 is 1.62 bits per heavy atom. The first kappa shape index (κ1) is 11.3. The molecule has 68 valence electrons. The predicted octanol–water partition coefficient (Wildman–Crippen LogP) is 3.24. The predicted molar refractivity (Wildman–Crippen MR) is 61.1 cm³/mol. The van der Waals surface area contributed by atoms with E-state index in [9.17, 15) is 0 Å². The van der Waals surface area contributed by atoms with Gasteiger partial charge in [0.25, 0.3) is 0 Å². The molecular weight excluding hydrogens is 361 g/mol. The number of nitriles is 1. The lowest BCUT2D eigenvalue weighted by Gasteiger charge is -1.86. The minimum absolute atomic E-state index is 0.321. The van der Waals surface area contributed by atoms with Gasteiger partial charge in [0.1, 0.15) is 15.2 Å². The fourth-order valence-electron chi connectivity index (χ4n) is 0.409. The number of nitrogens with zero attached hydrogens (tertiary/aromatic N) is 3. The van der Waals surface area contributed by atoms with E-state index in [0.717, 1.165) is 0 Å². The third kappa shape index (κ3) is 3.14. The lowest BCUT2D eigenvalue weighted by molar-refractivity contribution is 1.36. The second-order valence-corrected chi connectivity index (χ2v) is 5.41. The molecule has 0 atom stereocenters. The molecule has 0 N–H and O–H groups in total. The third-order valence-electron chi connectivity index (χ3n) is 0.889. The first-order valence-corrected chi connectivity index (χ1v) is 6.84. The fourth-order valence-corrected chi connectivity index (χ4v) is 2.86. The monoisotopic (exact) mass is 359 g/mol. The van der Waals surface area contributed by atoms with Crippen molar-refractivity contribution in [2.24, 2.45) is 4.99 Å². The first-order chi connectivity index (χ1) is 6.15. The summed E-state index contributed by atoms with van der Waals surface area (Å²) in [5.41, 5.74) is 0. The largest absolute Gasteiger partial charge is 0.224 e. The van der Waals surface area contributed by atoms with E-state index in [4.69, 9.17) is 16.9 Å². The van der Waals surface area contributed by atoms with E-state index >= 15 is 0 Å². The van der Waals surface area contributed by atoms with Crippen LogP contribution in [0.2, 0.25) is 5.15 Å². The maximum absolute atomic E-state index is 8.52. The number of aromatic nitrogens is 1. The van der Waals surface area contributed by atoms with Crippen molar-refractivity contribution in [3.05, 3.63) is 18.9 Å². The first-order valence-electron chi connectivity index (χ1n) is 2.76. The van der Waals surface area contributed by atoms with Gasteiger partial charge in [-0.05, 0) is 42.2 Å². The minimum atomic E-state index is 0.321. The number of allylic oxidation sites excluding steroid dienone is 1. The second-order valence-electron chi connectivity index (χ2n) is 1.67. The highest BCUT2D eigenvalue weighted by Gasteiger charge is 2.00. The Labute approximate surface area is 103 Å². The summed E-state index contributed by atoms with van der Waals surface area (Å²) in [6.07, 6.45) is 0. The highest BCUT2D eigenvalue weighted by Crippen LogP contribution is 2.18. The summed E-state index contributed by atoms with van der Waals surface area (Å²) < 4.78 is 5.17. The number of rotatable bonds is 1. The molecule has 0 fully saturated rings. The third-order valence-corrected chi connectivity index (χ3v) is 4.72. The summed E-state index contributed by atoms with van der Waals surface area (Å²) in [7, 11) is 2.60. The number of hydrogen-bond donors (Lipinski definition) is 0. The van der Waals surface area contributed by atoms with Crippen LogP contribution in [0.1, 0.15) is 0 Å². The Hall–Kier alpha value is 0.260. The average Bonchev–Trinajstić information content (AvgIpc) is 2.50. The molecule has 0 saturated carbocycles. The molecule has 8 heteroatoms. The Bertz CT molecular complexity index is 441. The maximum atomic E-state index is 8.52. The van der Waals surface area contributed by atoms with Gasteiger partial charge in [0.05, 0.1) is 0 Å². The Morgan fingerprint density at radius 3 is 2.77 bits per heavy atom. The molecule has 1 aromatic rings. The molecule has 0 aromatic carbocycles. The van der Waals surface area contributed by atoms with Gasteiger partial charge in [-0.3, -0.25) is 0 Å². The van der Waals surface area contributed by atoms with Crippen LogP contribution in [-0.2, 0) is 0 Å². The van der Waals surface area contributed by atoms with Crippen LogP contribution < -0.4 is 4.67 Å². The summed E-state index contributed by atoms with van der Waals surface area (Å²) in [6.45, 7) is 0. The summed E-state index contributed by atoms with van der Waals surface area (Å²) in [6, 6.07) is 1.90. The summed E-state index contributed by atoms with van der Waals surface area (Å²) in [5.74, 6) is 0. The summed E-state index contributed by atoms with van der Waals surface area (Å²) >= 11 is 11.9. The molecule has 0 spiro atoms. The molecule has 3 nitrogen and oxygen atoms in total. The molecule has 0 amide bonds. The zero-order valence-electron chi connectivity index (χ0n) is 5.79. The number of halogens is 3. The molecule has 0 radical (unpaired) electrons. The van der Waals surface area contributed by atoms with Gasteiger partial charge in [-0.15, -0.1) is 0 Å². The van der Waals surface area contributed by atoms with E-state index < -0.39 is 0 Å². The molecule has 0 unspecified atom stereocenters. The van der Waals surface area contributed by atoms with Crippen LogP contribution in [0.15, 0.2) is 14.1 Å². The Morgan fingerprint density at radius 2 is 2.31 bits per heavy atom. The van der Waals surface area contributed by atoms with Crippen molar-refractivity contribution in [1.82, 2.24) is 4.37 Å². The van der Waals surface area contributed by atoms with Gasteiger partial charge in [-0.2, -0.15) is 9.64 Å². The molecule has 1 rings (SSSR count). The van der Waals surface area contributed by atoms with Gasteiger partial charge >= 0.3 is 0 Å². The molecule has 0 aliphatic rings. The van der Waals surface area contributed by atoms with Crippen molar-refractivity contribution in [3.63, 3.8) is 0 Å². The molecule has 0 aliphatic heterocycles. The molecule has 0 saturated heterocycles. The van der Waals surface area contributed by atoms with Gasteiger partial charge in [0.2, 0.25) is 0 Å². The fraction of sp³-hybridized carbons (Fsp3) is 0. The zero-order valence-corrected chi connectivity index (χ0v) is 11.4. The summed E-state index contributed by atoms with van der Waals surface area (Å²) in [4.78, 5) is 4.05. The van der Waals surface area contributed by atoms with Crippen LogP contribution >= 0.6 is 64.3 Å². The highest BCUT2D eigenvalue weighted by atomic mass is 79.9. The Balaban J connectivity index is 3.19. The lowest BCUT2D eigenvalue weighted by Crippen LogP contribution is -1.93. The van der Waals surface area contributed by atoms with E-state index in [-0.39, 0.29) is 0 Å². The van der Waals surface area contributed by atoms with Crippen molar-refractivity contribution in [3.8, 4) is 6.07 Å². The van der Waals surface area contributed by atoms with Crippen LogP contribution in [0.5, 0.6) is 0 Å². The molecule has 0 bridgehead atoms. The van der Waals surface area contributed by atoms with Gasteiger partial charge in [-0.25, -0.2) is 4.99 Å². The van der Waals surface area contributed by atoms with Crippen molar-refractivity contribution in [2.45, 2.75) is 0 Å². The maximum Gasteiger partial charge on any atom is 0.179 e. The summed E-state index contributed by atoms with van der Waals surface area (Å²) in [5, 5.41) is 8.87. The Kier molecular flexibility index (Phi) is 4.55. The highest BCUT2D eigenvalue weighted by molar-refractivity contribution is 9.14. The normalized spacial score (nSPS) is 13.8. The molecule has 0 aliphatic carbocycles. The van der Waals surface area contributed by atoms with Crippen molar-refractivity contribution < 1.29 is 0 Å². The minimum Gasteiger partial charge on any atom is -0.224 e. The van der Waals surface area contributed by atoms with Crippen LogP contribution in [-0.4, -0.2) is 4.37 Å². The van der Waals surface area contributed by atoms with Crippen LogP contribution in [0, 0.1) is 11.3 Å². The van der Waals surface area contributed by atoms with E-state index in [0.29, 0.717) is 18.9 Å². The molecular formula is C5Br2ClN3S2. The van der Waals surface area contributed by atoms with E-state index in [1.807, 2.05) is 6.07 Å². The quantitative estimate of drug-likeness (QED) is 0.438. The SMILES string of the molecule is N#C/C(Br)=C(Br)/N=c1\ssnc1Cl. The molecule has 1 heterocycles. The smallest absolute Gasteiger partial charge is 0.179 e. The topological polar surface area (TPSA) is 49.0 Å². The van der Waals surface area contributed by atoms with Crippen LogP contribution in [0.4, 0.5) is 0 Å². The van der Waals surface area contributed by atoms with Crippen molar-refractivity contribution >= 4 is 64.3 Å². The van der Waals surface area contributed by atoms with Gasteiger partial charge in [-0.1, -0.05) is 11.6 Å². The van der Waals surface area contributed by atoms with Gasteiger partial charge < -0.3 is 0 Å². The van der Waals surface area contributed by atoms with E-state index in [1.165, 1.54) is 20.9 Å². The van der Waals surface area contributed by atoms with Gasteiger partial charge in [0.15, 0.2) is 9.82 Å². The van der Waals surface area contributed by atoms with Gasteiger partial charge in [0, 0.05) is 10.5 Å². The second kappa shape index (κ2) is 5.22. The zero-order chi connectivity index (χ0) is 9.84.